The van der Waals surface area contributed by atoms with Crippen LogP contribution in [0, 0.1) is 5.82 Å². The number of likely N-dealkylation sites (N-methyl/N-ethyl adjacent to an activating group) is 1. The summed E-state index contributed by atoms with van der Waals surface area (Å²) in [6.07, 6.45) is 0.999. The topological polar surface area (TPSA) is 29.3 Å². The van der Waals surface area contributed by atoms with Gasteiger partial charge in [0.15, 0.2) is 0 Å². The summed E-state index contributed by atoms with van der Waals surface area (Å²) in [5.41, 5.74) is 6.76. The van der Waals surface area contributed by atoms with Gasteiger partial charge in [-0.25, -0.2) is 4.39 Å². The van der Waals surface area contributed by atoms with Crippen LogP contribution < -0.4 is 5.73 Å². The minimum atomic E-state index is -0.322. The first-order valence-electron chi connectivity index (χ1n) is 6.21. The van der Waals surface area contributed by atoms with E-state index in [-0.39, 0.29) is 17.4 Å². The molecular weight excluding hydrogens is 251 g/mol. The van der Waals surface area contributed by atoms with Crippen LogP contribution in [0.25, 0.3) is 0 Å². The van der Waals surface area contributed by atoms with Crippen molar-refractivity contribution in [2.24, 2.45) is 5.73 Å². The summed E-state index contributed by atoms with van der Waals surface area (Å²) in [7, 11) is 2.03. The molecule has 18 heavy (non-hydrogen) atoms. The molecule has 1 unspecified atom stereocenters. The molecule has 0 spiro atoms. The third kappa shape index (κ3) is 3.22. The van der Waals surface area contributed by atoms with E-state index in [1.165, 1.54) is 12.1 Å². The number of hydrogen-bond donors (Lipinski definition) is 1. The first kappa shape index (κ1) is 15.4. The molecule has 0 aromatic heterocycles. The van der Waals surface area contributed by atoms with E-state index >= 15 is 0 Å². The van der Waals surface area contributed by atoms with Gasteiger partial charge in [-0.2, -0.15) is 0 Å². The largest absolute Gasteiger partial charge is 0.329 e. The molecule has 0 aliphatic heterocycles. The van der Waals surface area contributed by atoms with Gasteiger partial charge in [-0.3, -0.25) is 4.90 Å². The van der Waals surface area contributed by atoms with Crippen LogP contribution in [0.3, 0.4) is 0 Å². The summed E-state index contributed by atoms with van der Waals surface area (Å²) < 4.78 is 13.1. The van der Waals surface area contributed by atoms with Crippen molar-refractivity contribution in [2.75, 3.05) is 13.6 Å². The highest BCUT2D eigenvalue weighted by molar-refractivity contribution is 6.31. The van der Waals surface area contributed by atoms with Crippen LogP contribution in [0.2, 0.25) is 5.02 Å². The molecule has 0 aliphatic rings. The Morgan fingerprint density at radius 3 is 2.50 bits per heavy atom. The highest BCUT2D eigenvalue weighted by atomic mass is 35.5. The fraction of sp³-hybridized carbons (Fsp3) is 0.571. The number of halogens is 2. The number of rotatable bonds is 5. The fourth-order valence-corrected chi connectivity index (χ4v) is 2.23. The Hall–Kier alpha value is -0.640. The van der Waals surface area contributed by atoms with E-state index in [0.717, 1.165) is 12.0 Å². The average Bonchev–Trinajstić information content (AvgIpc) is 2.32. The van der Waals surface area contributed by atoms with E-state index in [4.69, 9.17) is 17.3 Å². The lowest BCUT2D eigenvalue weighted by atomic mass is 9.95. The van der Waals surface area contributed by atoms with Crippen LogP contribution in [0.1, 0.15) is 38.8 Å². The quantitative estimate of drug-likeness (QED) is 0.887. The van der Waals surface area contributed by atoms with Crippen molar-refractivity contribution in [2.45, 2.75) is 38.8 Å². The Kier molecular flexibility index (Phi) is 5.14. The minimum Gasteiger partial charge on any atom is -0.329 e. The average molecular weight is 273 g/mol. The van der Waals surface area contributed by atoms with E-state index in [2.05, 4.69) is 25.7 Å². The summed E-state index contributed by atoms with van der Waals surface area (Å²) in [5.74, 6) is -0.322. The Balaban J connectivity index is 3.10. The second kappa shape index (κ2) is 6.00. The van der Waals surface area contributed by atoms with Crippen molar-refractivity contribution in [1.82, 2.24) is 4.90 Å². The third-order valence-electron chi connectivity index (χ3n) is 3.83. The summed E-state index contributed by atoms with van der Waals surface area (Å²) in [5, 5.41) is 0.434. The van der Waals surface area contributed by atoms with Crippen molar-refractivity contribution in [3.63, 3.8) is 0 Å². The van der Waals surface area contributed by atoms with Gasteiger partial charge >= 0.3 is 0 Å². The number of nitrogens with two attached hydrogens (primary N) is 1. The van der Waals surface area contributed by atoms with Crippen molar-refractivity contribution >= 4 is 11.6 Å². The van der Waals surface area contributed by atoms with Crippen LogP contribution in [-0.4, -0.2) is 24.0 Å². The summed E-state index contributed by atoms with van der Waals surface area (Å²) in [6, 6.07) is 4.48. The van der Waals surface area contributed by atoms with Crippen LogP contribution in [0.4, 0.5) is 4.39 Å². The van der Waals surface area contributed by atoms with E-state index in [0.29, 0.717) is 11.6 Å². The Morgan fingerprint density at radius 1 is 1.44 bits per heavy atom. The van der Waals surface area contributed by atoms with Gasteiger partial charge in [0, 0.05) is 23.1 Å². The Bertz CT molecular complexity index is 407. The number of nitrogens with zero attached hydrogens (tertiary/aromatic N) is 1. The maximum atomic E-state index is 13.1. The molecule has 0 amide bonds. The zero-order valence-corrected chi connectivity index (χ0v) is 12.3. The van der Waals surface area contributed by atoms with E-state index in [1.54, 1.807) is 6.07 Å². The fourth-order valence-electron chi connectivity index (χ4n) is 1.94. The molecule has 0 radical (unpaired) electrons. The highest BCUT2D eigenvalue weighted by Gasteiger charge is 2.29. The van der Waals surface area contributed by atoms with Gasteiger partial charge in [0.05, 0.1) is 0 Å². The molecule has 0 saturated heterocycles. The molecule has 0 saturated carbocycles. The van der Waals surface area contributed by atoms with Crippen molar-refractivity contribution in [1.29, 1.82) is 0 Å². The van der Waals surface area contributed by atoms with Crippen molar-refractivity contribution in [3.8, 4) is 0 Å². The van der Waals surface area contributed by atoms with E-state index < -0.39 is 0 Å². The molecule has 0 bridgehead atoms. The lowest BCUT2D eigenvalue weighted by Crippen LogP contribution is -2.45. The first-order chi connectivity index (χ1) is 8.33. The molecule has 1 aromatic rings. The van der Waals surface area contributed by atoms with Gasteiger partial charge in [-0.05, 0) is 45.0 Å². The van der Waals surface area contributed by atoms with Gasteiger partial charge < -0.3 is 5.73 Å². The number of benzene rings is 1. The van der Waals surface area contributed by atoms with Crippen LogP contribution >= 0.6 is 11.6 Å². The van der Waals surface area contributed by atoms with E-state index in [9.17, 15) is 4.39 Å². The zero-order chi connectivity index (χ0) is 13.9. The Morgan fingerprint density at radius 2 is 2.06 bits per heavy atom. The zero-order valence-electron chi connectivity index (χ0n) is 11.5. The van der Waals surface area contributed by atoms with Crippen molar-refractivity contribution < 1.29 is 4.39 Å². The minimum absolute atomic E-state index is 0.00644. The van der Waals surface area contributed by atoms with Gasteiger partial charge in [-0.1, -0.05) is 24.6 Å². The molecule has 0 fully saturated rings. The van der Waals surface area contributed by atoms with Crippen molar-refractivity contribution in [3.05, 3.63) is 34.6 Å². The smallest absolute Gasteiger partial charge is 0.124 e. The normalized spacial score (nSPS) is 14.0. The van der Waals surface area contributed by atoms with Gasteiger partial charge in [0.25, 0.3) is 0 Å². The predicted molar refractivity (Wildman–Crippen MR) is 75.3 cm³/mol. The predicted octanol–water partition coefficient (Wildman–Crippen LogP) is 3.60. The summed E-state index contributed by atoms with van der Waals surface area (Å²) in [6.45, 7) is 6.90. The van der Waals surface area contributed by atoms with Crippen LogP contribution in [-0.2, 0) is 0 Å². The second-order valence-corrected chi connectivity index (χ2v) is 5.60. The molecular formula is C14H22ClFN2. The SMILES string of the molecule is CCC(C)(C)N(C)C(CN)c1ccc(F)cc1Cl. The second-order valence-electron chi connectivity index (χ2n) is 5.19. The standard InChI is InChI=1S/C14H22ClFN2/c1-5-14(2,3)18(4)13(9-17)11-7-6-10(16)8-12(11)15/h6-8,13H,5,9,17H2,1-4H3. The van der Waals surface area contributed by atoms with Gasteiger partial charge in [-0.15, -0.1) is 0 Å². The summed E-state index contributed by atoms with van der Waals surface area (Å²) in [4.78, 5) is 2.20. The molecule has 1 rings (SSSR count). The van der Waals surface area contributed by atoms with E-state index in [1.807, 2.05) is 7.05 Å². The Labute approximate surface area is 114 Å². The maximum absolute atomic E-state index is 13.1. The molecule has 1 aromatic carbocycles. The molecule has 0 aliphatic carbocycles. The monoisotopic (exact) mass is 272 g/mol. The summed E-state index contributed by atoms with van der Waals surface area (Å²) >= 11 is 6.12. The first-order valence-corrected chi connectivity index (χ1v) is 6.59. The maximum Gasteiger partial charge on any atom is 0.124 e. The molecule has 2 N–H and O–H groups in total. The molecule has 2 nitrogen and oxygen atoms in total. The van der Waals surface area contributed by atoms with Crippen LogP contribution in [0.15, 0.2) is 18.2 Å². The lowest BCUT2D eigenvalue weighted by Gasteiger charge is -2.40. The highest BCUT2D eigenvalue weighted by Crippen LogP contribution is 2.32. The third-order valence-corrected chi connectivity index (χ3v) is 4.16. The molecule has 102 valence electrons. The van der Waals surface area contributed by atoms with Crippen LogP contribution in [0.5, 0.6) is 0 Å². The van der Waals surface area contributed by atoms with Gasteiger partial charge in [0.1, 0.15) is 5.82 Å². The lowest BCUT2D eigenvalue weighted by molar-refractivity contribution is 0.100. The van der Waals surface area contributed by atoms with Gasteiger partial charge in [0.2, 0.25) is 0 Å². The molecule has 1 atom stereocenters. The molecule has 4 heteroatoms. The number of hydrogen-bond acceptors (Lipinski definition) is 2. The molecule has 0 heterocycles.